The highest BCUT2D eigenvalue weighted by Gasteiger charge is 2.07. The number of anilines is 1. The first-order valence-corrected chi connectivity index (χ1v) is 7.55. The molecule has 3 nitrogen and oxygen atoms in total. The fourth-order valence-electron chi connectivity index (χ4n) is 1.41. The topological polar surface area (TPSA) is 42.0 Å². The van der Waals surface area contributed by atoms with Crippen LogP contribution in [0.3, 0.4) is 0 Å². The van der Waals surface area contributed by atoms with Crippen molar-refractivity contribution in [2.45, 2.75) is 18.2 Å². The molecule has 0 aliphatic heterocycles. The number of halogens is 1. The third kappa shape index (κ3) is 4.33. The lowest BCUT2D eigenvalue weighted by molar-refractivity contribution is -0.115. The molecule has 0 aliphatic rings. The molecule has 1 aromatic carbocycles. The predicted octanol–water partition coefficient (Wildman–Crippen LogP) is 3.71. The molecular formula is C13H13FN2OS2. The molecule has 0 radical (unpaired) electrons. The normalized spacial score (nSPS) is 10.4. The van der Waals surface area contributed by atoms with Gasteiger partial charge in [-0.3, -0.25) is 4.79 Å². The first kappa shape index (κ1) is 14.0. The van der Waals surface area contributed by atoms with Gasteiger partial charge in [-0.05, 0) is 19.1 Å². The SMILES string of the molecule is Cc1cnc(NC(=O)CCSc2ccccc2F)s1. The zero-order valence-corrected chi connectivity index (χ0v) is 12.0. The lowest BCUT2D eigenvalue weighted by Crippen LogP contribution is -2.11. The lowest BCUT2D eigenvalue weighted by Gasteiger charge is -2.03. The molecule has 6 heteroatoms. The van der Waals surface area contributed by atoms with Crippen molar-refractivity contribution in [3.05, 3.63) is 41.2 Å². The van der Waals surface area contributed by atoms with Gasteiger partial charge >= 0.3 is 0 Å². The summed E-state index contributed by atoms with van der Waals surface area (Å²) in [6.07, 6.45) is 2.05. The molecule has 19 heavy (non-hydrogen) atoms. The van der Waals surface area contributed by atoms with Crippen LogP contribution in [0.25, 0.3) is 0 Å². The third-order valence-electron chi connectivity index (χ3n) is 2.29. The Morgan fingerprint density at radius 3 is 2.95 bits per heavy atom. The van der Waals surface area contributed by atoms with E-state index in [-0.39, 0.29) is 11.7 Å². The van der Waals surface area contributed by atoms with Gasteiger partial charge in [0.1, 0.15) is 5.82 Å². The second-order valence-corrected chi connectivity index (χ2v) is 6.22. The lowest BCUT2D eigenvalue weighted by atomic mass is 10.3. The van der Waals surface area contributed by atoms with Crippen molar-refractivity contribution in [2.24, 2.45) is 0 Å². The molecule has 0 atom stereocenters. The summed E-state index contributed by atoms with van der Waals surface area (Å²) in [6.45, 7) is 1.93. The minimum Gasteiger partial charge on any atom is -0.302 e. The zero-order chi connectivity index (χ0) is 13.7. The first-order valence-electron chi connectivity index (χ1n) is 5.75. The molecule has 0 saturated carbocycles. The van der Waals surface area contributed by atoms with Crippen molar-refractivity contribution in [3.8, 4) is 0 Å². The van der Waals surface area contributed by atoms with Gasteiger partial charge in [0.2, 0.25) is 5.91 Å². The van der Waals surface area contributed by atoms with Crippen LogP contribution < -0.4 is 5.32 Å². The first-order chi connectivity index (χ1) is 9.15. The van der Waals surface area contributed by atoms with Crippen molar-refractivity contribution in [1.82, 2.24) is 4.98 Å². The van der Waals surface area contributed by atoms with Crippen LogP contribution in [-0.4, -0.2) is 16.6 Å². The van der Waals surface area contributed by atoms with Crippen LogP contribution in [0.1, 0.15) is 11.3 Å². The summed E-state index contributed by atoms with van der Waals surface area (Å²) in [5, 5.41) is 3.33. The Kier molecular flexibility index (Phi) is 4.93. The number of thiazole rings is 1. The Bertz CT molecular complexity index is 571. The van der Waals surface area contributed by atoms with Gasteiger partial charge in [-0.15, -0.1) is 23.1 Å². The second-order valence-electron chi connectivity index (χ2n) is 3.85. The molecule has 1 amide bonds. The largest absolute Gasteiger partial charge is 0.302 e. The van der Waals surface area contributed by atoms with E-state index in [0.717, 1.165) is 4.88 Å². The van der Waals surface area contributed by atoms with Crippen LogP contribution in [0.2, 0.25) is 0 Å². The van der Waals surface area contributed by atoms with Gasteiger partial charge < -0.3 is 5.32 Å². The number of benzene rings is 1. The van der Waals surface area contributed by atoms with Crippen molar-refractivity contribution < 1.29 is 9.18 Å². The number of hydrogen-bond donors (Lipinski definition) is 1. The monoisotopic (exact) mass is 296 g/mol. The summed E-state index contributed by atoms with van der Waals surface area (Å²) < 4.78 is 13.3. The summed E-state index contributed by atoms with van der Waals surface area (Å²) in [5.41, 5.74) is 0. The molecule has 1 heterocycles. The van der Waals surface area contributed by atoms with Crippen LogP contribution in [0.15, 0.2) is 35.4 Å². The molecule has 0 aliphatic carbocycles. The van der Waals surface area contributed by atoms with E-state index in [0.29, 0.717) is 22.2 Å². The Morgan fingerprint density at radius 1 is 1.47 bits per heavy atom. The Hall–Kier alpha value is -1.40. The molecule has 1 N–H and O–H groups in total. The maximum atomic E-state index is 13.3. The van der Waals surface area contributed by atoms with E-state index in [9.17, 15) is 9.18 Å². The van der Waals surface area contributed by atoms with Crippen LogP contribution >= 0.6 is 23.1 Å². The number of hydrogen-bond acceptors (Lipinski definition) is 4. The highest BCUT2D eigenvalue weighted by atomic mass is 32.2. The average Bonchev–Trinajstić information content (AvgIpc) is 2.77. The number of aryl methyl sites for hydroxylation is 1. The fraction of sp³-hybridized carbons (Fsp3) is 0.231. The maximum absolute atomic E-state index is 13.3. The van der Waals surface area contributed by atoms with Gasteiger partial charge in [-0.2, -0.15) is 0 Å². The number of aromatic nitrogens is 1. The van der Waals surface area contributed by atoms with E-state index in [4.69, 9.17) is 0 Å². The van der Waals surface area contributed by atoms with Gasteiger partial charge in [0, 0.05) is 28.1 Å². The number of nitrogens with zero attached hydrogens (tertiary/aromatic N) is 1. The van der Waals surface area contributed by atoms with Crippen LogP contribution in [0.4, 0.5) is 9.52 Å². The summed E-state index contributed by atoms with van der Waals surface area (Å²) in [4.78, 5) is 17.3. The number of nitrogens with one attached hydrogen (secondary N) is 1. The van der Waals surface area contributed by atoms with Gasteiger partial charge in [0.25, 0.3) is 0 Å². The van der Waals surface area contributed by atoms with E-state index in [1.54, 1.807) is 24.4 Å². The van der Waals surface area contributed by atoms with Gasteiger partial charge in [-0.25, -0.2) is 9.37 Å². The highest BCUT2D eigenvalue weighted by molar-refractivity contribution is 7.99. The highest BCUT2D eigenvalue weighted by Crippen LogP contribution is 2.22. The summed E-state index contributed by atoms with van der Waals surface area (Å²) in [7, 11) is 0. The Labute approximate surface area is 119 Å². The minimum atomic E-state index is -0.247. The molecule has 2 aromatic rings. The molecule has 2 rings (SSSR count). The molecular weight excluding hydrogens is 283 g/mol. The summed E-state index contributed by atoms with van der Waals surface area (Å²) in [5.74, 6) is 0.193. The Morgan fingerprint density at radius 2 is 2.26 bits per heavy atom. The van der Waals surface area contributed by atoms with Crippen LogP contribution in [0.5, 0.6) is 0 Å². The maximum Gasteiger partial charge on any atom is 0.226 e. The zero-order valence-electron chi connectivity index (χ0n) is 10.4. The minimum absolute atomic E-state index is 0.0989. The van der Waals surface area contributed by atoms with Crippen molar-refractivity contribution >= 4 is 34.1 Å². The quantitative estimate of drug-likeness (QED) is 0.855. The van der Waals surface area contributed by atoms with E-state index in [2.05, 4.69) is 10.3 Å². The van der Waals surface area contributed by atoms with E-state index >= 15 is 0 Å². The van der Waals surface area contributed by atoms with Crippen molar-refractivity contribution in [3.63, 3.8) is 0 Å². The second kappa shape index (κ2) is 6.68. The molecule has 100 valence electrons. The summed E-state index contributed by atoms with van der Waals surface area (Å²) >= 11 is 2.78. The predicted molar refractivity (Wildman–Crippen MR) is 77.2 cm³/mol. The molecule has 0 unspecified atom stereocenters. The van der Waals surface area contributed by atoms with Gasteiger partial charge in [0.15, 0.2) is 5.13 Å². The van der Waals surface area contributed by atoms with E-state index in [1.165, 1.54) is 29.2 Å². The third-order valence-corrected chi connectivity index (χ3v) is 4.17. The Balaban J connectivity index is 1.77. The smallest absolute Gasteiger partial charge is 0.226 e. The molecule has 0 bridgehead atoms. The molecule has 0 spiro atoms. The number of rotatable bonds is 5. The van der Waals surface area contributed by atoms with Gasteiger partial charge in [0.05, 0.1) is 0 Å². The average molecular weight is 296 g/mol. The van der Waals surface area contributed by atoms with Gasteiger partial charge in [-0.1, -0.05) is 12.1 Å². The van der Waals surface area contributed by atoms with E-state index < -0.39 is 0 Å². The number of amides is 1. The number of carbonyl (C=O) groups is 1. The standard InChI is InChI=1S/C13H13FN2OS2/c1-9-8-15-13(19-9)16-12(17)6-7-18-11-5-3-2-4-10(11)14/h2-5,8H,6-7H2,1H3,(H,15,16,17). The van der Waals surface area contributed by atoms with Crippen LogP contribution in [0, 0.1) is 12.7 Å². The van der Waals surface area contributed by atoms with Crippen molar-refractivity contribution in [1.29, 1.82) is 0 Å². The molecule has 1 aromatic heterocycles. The fourth-order valence-corrected chi connectivity index (χ4v) is 2.98. The number of thioether (sulfide) groups is 1. The number of carbonyl (C=O) groups excluding carboxylic acids is 1. The molecule has 0 saturated heterocycles. The summed E-state index contributed by atoms with van der Waals surface area (Å²) in [6, 6.07) is 6.56. The molecule has 0 fully saturated rings. The van der Waals surface area contributed by atoms with Crippen LogP contribution in [-0.2, 0) is 4.79 Å². The van der Waals surface area contributed by atoms with Crippen molar-refractivity contribution in [2.75, 3.05) is 11.1 Å². The van der Waals surface area contributed by atoms with E-state index in [1.807, 2.05) is 6.92 Å².